The Labute approximate surface area is 118 Å². The molecule has 3 N–H and O–H groups in total. The van der Waals surface area contributed by atoms with Gasteiger partial charge in [-0.15, -0.1) is 0 Å². The number of carboxylic acid groups (broad SMARTS) is 1. The van der Waals surface area contributed by atoms with E-state index in [1.807, 2.05) is 6.07 Å². The second-order valence-corrected chi connectivity index (χ2v) is 5.10. The fourth-order valence-electron chi connectivity index (χ4n) is 1.82. The molecule has 1 aliphatic heterocycles. The third kappa shape index (κ3) is 3.05. The van der Waals surface area contributed by atoms with Gasteiger partial charge in [-0.3, -0.25) is 0 Å². The average molecular weight is 329 g/mol. The van der Waals surface area contributed by atoms with Gasteiger partial charge in [-0.05, 0) is 28.1 Å². The van der Waals surface area contributed by atoms with E-state index in [9.17, 15) is 14.7 Å². The van der Waals surface area contributed by atoms with Crippen molar-refractivity contribution < 1.29 is 19.4 Å². The largest absolute Gasteiger partial charge is 0.479 e. The van der Waals surface area contributed by atoms with Crippen LogP contribution in [0.5, 0.6) is 0 Å². The third-order valence-corrected chi connectivity index (χ3v) is 3.60. The number of aliphatic carboxylic acids is 1. The molecule has 1 aliphatic rings. The fraction of sp³-hybridized carbons (Fsp3) is 0.333. The number of hydrogen-bond donors (Lipinski definition) is 3. The molecule has 2 amide bonds. The number of ether oxygens (including phenoxy) is 1. The lowest BCUT2D eigenvalue weighted by molar-refractivity contribution is -0.144. The molecule has 0 bridgehead atoms. The molecule has 0 radical (unpaired) electrons. The van der Waals surface area contributed by atoms with E-state index in [1.165, 1.54) is 0 Å². The number of halogens is 1. The average Bonchev–Trinajstić information content (AvgIpc) is 2.82. The molecule has 1 atom stereocenters. The summed E-state index contributed by atoms with van der Waals surface area (Å²) in [7, 11) is 0. The Kier molecular flexibility index (Phi) is 4.06. The van der Waals surface area contributed by atoms with Gasteiger partial charge in [0.05, 0.1) is 12.3 Å². The number of nitrogens with one attached hydrogen (secondary N) is 2. The molecule has 1 unspecified atom stereocenters. The lowest BCUT2D eigenvalue weighted by atomic mass is 9.99. The van der Waals surface area contributed by atoms with Gasteiger partial charge in [0.15, 0.2) is 5.54 Å². The third-order valence-electron chi connectivity index (χ3n) is 2.91. The first-order chi connectivity index (χ1) is 9.03. The highest BCUT2D eigenvalue weighted by Crippen LogP contribution is 2.22. The zero-order valence-corrected chi connectivity index (χ0v) is 11.6. The summed E-state index contributed by atoms with van der Waals surface area (Å²) in [4.78, 5) is 23.1. The number of rotatable bonds is 3. The highest BCUT2D eigenvalue weighted by atomic mass is 79.9. The van der Waals surface area contributed by atoms with Gasteiger partial charge in [-0.2, -0.15) is 0 Å². The molecular formula is C12H13BrN2O4. The topological polar surface area (TPSA) is 87.7 Å². The molecule has 1 heterocycles. The maximum atomic E-state index is 11.9. The Balaban J connectivity index is 2.05. The number of urea groups is 1. The van der Waals surface area contributed by atoms with Crippen molar-refractivity contribution in [3.63, 3.8) is 0 Å². The van der Waals surface area contributed by atoms with Crippen molar-refractivity contribution in [3.05, 3.63) is 28.7 Å². The zero-order chi connectivity index (χ0) is 13.9. The quantitative estimate of drug-likeness (QED) is 0.789. The molecule has 1 saturated heterocycles. The van der Waals surface area contributed by atoms with Crippen LogP contribution in [0.3, 0.4) is 0 Å². The lowest BCUT2D eigenvalue weighted by Gasteiger charge is -2.23. The standard InChI is InChI=1S/C12H13BrN2O4/c13-8-3-1-2-4-9(8)14-11(18)15-12(10(16)17)5-6-19-7-12/h1-4H,5-7H2,(H,16,17)(H2,14,15,18). The second-order valence-electron chi connectivity index (χ2n) is 4.25. The molecular weight excluding hydrogens is 316 g/mol. The van der Waals surface area contributed by atoms with E-state index < -0.39 is 17.5 Å². The van der Waals surface area contributed by atoms with E-state index in [-0.39, 0.29) is 13.0 Å². The molecule has 1 aromatic rings. The van der Waals surface area contributed by atoms with Crippen molar-refractivity contribution in [2.75, 3.05) is 18.5 Å². The van der Waals surface area contributed by atoms with Gasteiger partial charge >= 0.3 is 12.0 Å². The molecule has 0 spiro atoms. The Hall–Kier alpha value is -1.60. The van der Waals surface area contributed by atoms with Crippen LogP contribution in [0.15, 0.2) is 28.7 Å². The van der Waals surface area contributed by atoms with Gasteiger partial charge in [0.2, 0.25) is 0 Å². The summed E-state index contributed by atoms with van der Waals surface area (Å²) in [5, 5.41) is 14.3. The first kappa shape index (κ1) is 13.8. The van der Waals surface area contributed by atoms with Crippen LogP contribution in [0.25, 0.3) is 0 Å². The molecule has 6 nitrogen and oxygen atoms in total. The molecule has 0 aliphatic carbocycles. The van der Waals surface area contributed by atoms with Crippen LogP contribution in [0.1, 0.15) is 6.42 Å². The summed E-state index contributed by atoms with van der Waals surface area (Å²) in [6.07, 6.45) is 0.256. The minimum absolute atomic E-state index is 0.0221. The minimum Gasteiger partial charge on any atom is -0.479 e. The summed E-state index contributed by atoms with van der Waals surface area (Å²) < 4.78 is 5.78. The molecule has 0 aromatic heterocycles. The van der Waals surface area contributed by atoms with Gasteiger partial charge in [-0.25, -0.2) is 9.59 Å². The summed E-state index contributed by atoms with van der Waals surface area (Å²) in [6, 6.07) is 6.51. The van der Waals surface area contributed by atoms with Crippen LogP contribution in [-0.4, -0.2) is 35.9 Å². The smallest absolute Gasteiger partial charge is 0.332 e. The number of carbonyl (C=O) groups excluding carboxylic acids is 1. The SMILES string of the molecule is O=C(Nc1ccccc1Br)NC1(C(=O)O)CCOC1. The Morgan fingerprint density at radius 3 is 2.68 bits per heavy atom. The molecule has 7 heteroatoms. The predicted octanol–water partition coefficient (Wildman–Crippen LogP) is 1.81. The van der Waals surface area contributed by atoms with Crippen LogP contribution in [0.4, 0.5) is 10.5 Å². The minimum atomic E-state index is -1.34. The first-order valence-electron chi connectivity index (χ1n) is 5.68. The van der Waals surface area contributed by atoms with Crippen LogP contribution >= 0.6 is 15.9 Å². The van der Waals surface area contributed by atoms with E-state index in [0.717, 1.165) is 4.47 Å². The number of amides is 2. The molecule has 1 aromatic carbocycles. The highest BCUT2D eigenvalue weighted by Gasteiger charge is 2.44. The van der Waals surface area contributed by atoms with Crippen molar-refractivity contribution in [1.82, 2.24) is 5.32 Å². The maximum absolute atomic E-state index is 11.9. The van der Waals surface area contributed by atoms with Gasteiger partial charge < -0.3 is 20.5 Å². The monoisotopic (exact) mass is 328 g/mol. The van der Waals surface area contributed by atoms with Crippen LogP contribution in [0, 0.1) is 0 Å². The Morgan fingerprint density at radius 2 is 2.11 bits per heavy atom. The van der Waals surface area contributed by atoms with E-state index >= 15 is 0 Å². The van der Waals surface area contributed by atoms with E-state index in [0.29, 0.717) is 12.3 Å². The summed E-state index contributed by atoms with van der Waals surface area (Å²) >= 11 is 3.30. The van der Waals surface area contributed by atoms with Crippen molar-refractivity contribution in [2.45, 2.75) is 12.0 Å². The number of hydrogen-bond acceptors (Lipinski definition) is 3. The number of carboxylic acids is 1. The Bertz CT molecular complexity index is 500. The van der Waals surface area contributed by atoms with Gasteiger partial charge in [0.1, 0.15) is 0 Å². The summed E-state index contributed by atoms with van der Waals surface area (Å²) in [6.45, 7) is 0.299. The van der Waals surface area contributed by atoms with E-state index in [2.05, 4.69) is 26.6 Å². The molecule has 19 heavy (non-hydrogen) atoms. The summed E-state index contributed by atoms with van der Waals surface area (Å²) in [5.74, 6) is -1.09. The van der Waals surface area contributed by atoms with Gasteiger partial charge in [0.25, 0.3) is 0 Å². The van der Waals surface area contributed by atoms with Gasteiger partial charge in [0, 0.05) is 17.5 Å². The first-order valence-corrected chi connectivity index (χ1v) is 6.48. The Morgan fingerprint density at radius 1 is 1.37 bits per heavy atom. The number of anilines is 1. The van der Waals surface area contributed by atoms with E-state index in [1.54, 1.807) is 18.2 Å². The lowest BCUT2D eigenvalue weighted by Crippen LogP contribution is -2.56. The number of benzene rings is 1. The zero-order valence-electron chi connectivity index (χ0n) is 9.98. The molecule has 102 valence electrons. The van der Waals surface area contributed by atoms with Crippen LogP contribution in [-0.2, 0) is 9.53 Å². The van der Waals surface area contributed by atoms with E-state index in [4.69, 9.17) is 4.74 Å². The van der Waals surface area contributed by atoms with Crippen LogP contribution in [0.2, 0.25) is 0 Å². The highest BCUT2D eigenvalue weighted by molar-refractivity contribution is 9.10. The molecule has 1 fully saturated rings. The number of carbonyl (C=O) groups is 2. The molecule has 0 saturated carbocycles. The normalized spacial score (nSPS) is 21.9. The van der Waals surface area contributed by atoms with Gasteiger partial charge in [-0.1, -0.05) is 12.1 Å². The van der Waals surface area contributed by atoms with Crippen molar-refractivity contribution >= 4 is 33.6 Å². The van der Waals surface area contributed by atoms with Crippen molar-refractivity contribution in [2.24, 2.45) is 0 Å². The molecule has 2 rings (SSSR count). The predicted molar refractivity (Wildman–Crippen MR) is 72.1 cm³/mol. The van der Waals surface area contributed by atoms with Crippen LogP contribution < -0.4 is 10.6 Å². The van der Waals surface area contributed by atoms with Crippen molar-refractivity contribution in [3.8, 4) is 0 Å². The maximum Gasteiger partial charge on any atom is 0.332 e. The second kappa shape index (κ2) is 5.58. The summed E-state index contributed by atoms with van der Waals surface area (Å²) in [5.41, 5.74) is -0.773. The fourth-order valence-corrected chi connectivity index (χ4v) is 2.20. The number of para-hydroxylation sites is 1. The van der Waals surface area contributed by atoms with Crippen molar-refractivity contribution in [1.29, 1.82) is 0 Å².